The van der Waals surface area contributed by atoms with Crippen LogP contribution in [0.5, 0.6) is 5.75 Å². The molecule has 2 rings (SSSR count). The standard InChI is InChI=1S/C11H11NO4/c1-16-11(10(14)15)6-5-7-3-2-4-8(13)9(7)12-11/h2-6,12-13H,1H3,(H,14,15). The molecular formula is C11H11NO4. The largest absolute Gasteiger partial charge is 0.506 e. The second-order valence-corrected chi connectivity index (χ2v) is 3.44. The minimum atomic E-state index is -1.62. The average molecular weight is 221 g/mol. The van der Waals surface area contributed by atoms with Crippen LogP contribution < -0.4 is 5.32 Å². The summed E-state index contributed by atoms with van der Waals surface area (Å²) in [7, 11) is 1.29. The van der Waals surface area contributed by atoms with Crippen LogP contribution >= 0.6 is 0 Å². The van der Waals surface area contributed by atoms with E-state index >= 15 is 0 Å². The maximum atomic E-state index is 11.1. The molecule has 0 spiro atoms. The van der Waals surface area contributed by atoms with Gasteiger partial charge in [0, 0.05) is 12.7 Å². The van der Waals surface area contributed by atoms with Gasteiger partial charge >= 0.3 is 5.97 Å². The van der Waals surface area contributed by atoms with Crippen LogP contribution in [0.15, 0.2) is 24.3 Å². The minimum absolute atomic E-state index is 0.00970. The van der Waals surface area contributed by atoms with Crippen LogP contribution in [0.4, 0.5) is 5.69 Å². The van der Waals surface area contributed by atoms with Crippen LogP contribution in [-0.2, 0) is 9.53 Å². The average Bonchev–Trinajstić information content (AvgIpc) is 2.29. The first-order chi connectivity index (χ1) is 7.59. The highest BCUT2D eigenvalue weighted by molar-refractivity contribution is 5.90. The number of fused-ring (bicyclic) bond motifs is 1. The van der Waals surface area contributed by atoms with Crippen LogP contribution in [0.25, 0.3) is 6.08 Å². The number of aromatic hydroxyl groups is 1. The van der Waals surface area contributed by atoms with Gasteiger partial charge in [-0.2, -0.15) is 0 Å². The van der Waals surface area contributed by atoms with E-state index in [4.69, 9.17) is 9.84 Å². The summed E-state index contributed by atoms with van der Waals surface area (Å²) >= 11 is 0. The maximum absolute atomic E-state index is 11.1. The normalized spacial score (nSPS) is 22.3. The van der Waals surface area contributed by atoms with E-state index in [2.05, 4.69) is 5.32 Å². The molecule has 5 heteroatoms. The van der Waals surface area contributed by atoms with E-state index in [1.54, 1.807) is 18.2 Å². The highest BCUT2D eigenvalue weighted by Crippen LogP contribution is 2.35. The van der Waals surface area contributed by atoms with Crippen LogP contribution in [0.3, 0.4) is 0 Å². The van der Waals surface area contributed by atoms with E-state index in [-0.39, 0.29) is 5.75 Å². The lowest BCUT2D eigenvalue weighted by Gasteiger charge is -2.30. The minimum Gasteiger partial charge on any atom is -0.506 e. The Hall–Kier alpha value is -2.01. The van der Waals surface area contributed by atoms with Crippen molar-refractivity contribution in [3.05, 3.63) is 29.8 Å². The number of para-hydroxylation sites is 1. The van der Waals surface area contributed by atoms with Crippen LogP contribution in [-0.4, -0.2) is 29.0 Å². The molecule has 1 aliphatic rings. The van der Waals surface area contributed by atoms with E-state index in [1.165, 1.54) is 19.3 Å². The Morgan fingerprint density at radius 3 is 2.88 bits per heavy atom. The van der Waals surface area contributed by atoms with Gasteiger partial charge in [0.2, 0.25) is 0 Å². The van der Waals surface area contributed by atoms with Crippen molar-refractivity contribution >= 4 is 17.7 Å². The Morgan fingerprint density at radius 1 is 1.50 bits per heavy atom. The van der Waals surface area contributed by atoms with Gasteiger partial charge < -0.3 is 20.3 Å². The van der Waals surface area contributed by atoms with E-state index in [0.29, 0.717) is 11.3 Å². The fourth-order valence-corrected chi connectivity index (χ4v) is 1.60. The number of rotatable bonds is 2. The molecule has 1 aromatic carbocycles. The lowest BCUT2D eigenvalue weighted by Crippen LogP contribution is -2.47. The number of carboxylic acid groups (broad SMARTS) is 1. The number of phenolic OH excluding ortho intramolecular Hbond substituents is 1. The molecule has 16 heavy (non-hydrogen) atoms. The van der Waals surface area contributed by atoms with Gasteiger partial charge in [0.05, 0.1) is 5.69 Å². The molecular weight excluding hydrogens is 210 g/mol. The summed E-state index contributed by atoms with van der Waals surface area (Å²) in [5.74, 6) is -1.18. The Balaban J connectivity index is 2.50. The predicted molar refractivity (Wildman–Crippen MR) is 58.1 cm³/mol. The van der Waals surface area contributed by atoms with Crippen molar-refractivity contribution in [1.29, 1.82) is 0 Å². The number of hydrogen-bond acceptors (Lipinski definition) is 4. The Bertz CT molecular complexity index is 469. The summed E-state index contributed by atoms with van der Waals surface area (Å²) in [5.41, 5.74) is -0.547. The first kappa shape index (κ1) is 10.5. The fraction of sp³-hybridized carbons (Fsp3) is 0.182. The van der Waals surface area contributed by atoms with Crippen molar-refractivity contribution in [2.75, 3.05) is 12.4 Å². The highest BCUT2D eigenvalue weighted by Gasteiger charge is 2.39. The lowest BCUT2D eigenvalue weighted by molar-refractivity contribution is -0.153. The smallest absolute Gasteiger partial charge is 0.361 e. The quantitative estimate of drug-likeness (QED) is 0.655. The number of carboxylic acids is 1. The molecule has 0 aromatic heterocycles. The number of benzene rings is 1. The topological polar surface area (TPSA) is 78.8 Å². The van der Waals surface area contributed by atoms with Crippen molar-refractivity contribution in [2.45, 2.75) is 5.72 Å². The Morgan fingerprint density at radius 2 is 2.25 bits per heavy atom. The first-order valence-corrected chi connectivity index (χ1v) is 4.67. The Labute approximate surface area is 92.0 Å². The van der Waals surface area contributed by atoms with Gasteiger partial charge in [-0.15, -0.1) is 0 Å². The molecule has 0 amide bonds. The third-order valence-electron chi connectivity index (χ3n) is 2.52. The van der Waals surface area contributed by atoms with Crippen molar-refractivity contribution in [2.24, 2.45) is 0 Å². The highest BCUT2D eigenvalue weighted by atomic mass is 16.5. The third-order valence-corrected chi connectivity index (χ3v) is 2.52. The van der Waals surface area contributed by atoms with Crippen molar-refractivity contribution < 1.29 is 19.7 Å². The van der Waals surface area contributed by atoms with Crippen LogP contribution in [0.2, 0.25) is 0 Å². The summed E-state index contributed by atoms with van der Waals surface area (Å²) in [6.07, 6.45) is 3.00. The van der Waals surface area contributed by atoms with E-state index < -0.39 is 11.7 Å². The van der Waals surface area contributed by atoms with Crippen molar-refractivity contribution in [3.63, 3.8) is 0 Å². The molecule has 0 fully saturated rings. The van der Waals surface area contributed by atoms with Gasteiger partial charge in [-0.25, -0.2) is 4.79 Å². The SMILES string of the molecule is COC1(C(=O)O)C=Cc2cccc(O)c2N1. The van der Waals surface area contributed by atoms with Crippen molar-refractivity contribution in [1.82, 2.24) is 0 Å². The first-order valence-electron chi connectivity index (χ1n) is 4.67. The molecule has 0 radical (unpaired) electrons. The second-order valence-electron chi connectivity index (χ2n) is 3.44. The number of methoxy groups -OCH3 is 1. The molecule has 1 heterocycles. The molecule has 0 saturated carbocycles. The lowest BCUT2D eigenvalue weighted by atomic mass is 10.0. The summed E-state index contributed by atoms with van der Waals surface area (Å²) in [6, 6.07) is 4.92. The van der Waals surface area contributed by atoms with Crippen LogP contribution in [0, 0.1) is 0 Å². The zero-order valence-electron chi connectivity index (χ0n) is 8.60. The molecule has 3 N–H and O–H groups in total. The fourth-order valence-electron chi connectivity index (χ4n) is 1.60. The zero-order chi connectivity index (χ0) is 11.8. The molecule has 0 bridgehead atoms. The van der Waals surface area contributed by atoms with E-state index in [9.17, 15) is 9.90 Å². The molecule has 1 unspecified atom stereocenters. The maximum Gasteiger partial charge on any atom is 0.361 e. The number of phenols is 1. The molecule has 1 atom stereocenters. The van der Waals surface area contributed by atoms with Crippen molar-refractivity contribution in [3.8, 4) is 5.75 Å². The molecule has 1 aliphatic heterocycles. The molecule has 84 valence electrons. The zero-order valence-corrected chi connectivity index (χ0v) is 8.60. The van der Waals surface area contributed by atoms with Gasteiger partial charge in [-0.3, -0.25) is 0 Å². The number of carbonyl (C=O) groups is 1. The molecule has 0 aliphatic carbocycles. The summed E-state index contributed by atoms with van der Waals surface area (Å²) < 4.78 is 4.94. The van der Waals surface area contributed by atoms with Gasteiger partial charge in [0.15, 0.2) is 0 Å². The van der Waals surface area contributed by atoms with Crippen LogP contribution in [0.1, 0.15) is 5.56 Å². The molecule has 0 saturated heterocycles. The number of aliphatic carboxylic acids is 1. The summed E-state index contributed by atoms with van der Waals surface area (Å²) in [5, 5.41) is 21.4. The van der Waals surface area contributed by atoms with Gasteiger partial charge in [0.25, 0.3) is 5.72 Å². The second kappa shape index (κ2) is 3.53. The predicted octanol–water partition coefficient (Wildman–Crippen LogP) is 1.26. The van der Waals surface area contributed by atoms with Gasteiger partial charge in [0.1, 0.15) is 5.75 Å². The third kappa shape index (κ3) is 1.42. The van der Waals surface area contributed by atoms with Gasteiger partial charge in [-0.05, 0) is 12.1 Å². The van der Waals surface area contributed by atoms with Gasteiger partial charge in [-0.1, -0.05) is 18.2 Å². The Kier molecular flexibility index (Phi) is 2.32. The summed E-state index contributed by atoms with van der Waals surface area (Å²) in [6.45, 7) is 0. The number of anilines is 1. The monoisotopic (exact) mass is 221 g/mol. The van der Waals surface area contributed by atoms with E-state index in [0.717, 1.165) is 0 Å². The number of ether oxygens (including phenoxy) is 1. The van der Waals surface area contributed by atoms with E-state index in [1.807, 2.05) is 0 Å². The number of nitrogens with one attached hydrogen (secondary N) is 1. The number of hydrogen-bond donors (Lipinski definition) is 3. The summed E-state index contributed by atoms with van der Waals surface area (Å²) in [4.78, 5) is 11.1. The molecule has 1 aromatic rings. The molecule has 5 nitrogen and oxygen atoms in total.